The van der Waals surface area contributed by atoms with Crippen molar-refractivity contribution in [2.75, 3.05) is 0 Å². The maximum absolute atomic E-state index is 12.7. The zero-order valence-electron chi connectivity index (χ0n) is 14.1. The highest BCUT2D eigenvalue weighted by molar-refractivity contribution is 5.85. The van der Waals surface area contributed by atoms with Crippen LogP contribution in [0.15, 0.2) is 24.3 Å². The summed E-state index contributed by atoms with van der Waals surface area (Å²) < 4.78 is 0. The summed E-state index contributed by atoms with van der Waals surface area (Å²) >= 11 is 0. The fourth-order valence-electron chi connectivity index (χ4n) is 2.78. The second-order valence-corrected chi connectivity index (χ2v) is 7.23. The highest BCUT2D eigenvalue weighted by atomic mass is 16.2. The summed E-state index contributed by atoms with van der Waals surface area (Å²) in [5.41, 5.74) is 2.47. The highest BCUT2D eigenvalue weighted by Gasteiger charge is 2.43. The van der Waals surface area contributed by atoms with Gasteiger partial charge in [-0.05, 0) is 31.2 Å². The highest BCUT2D eigenvalue weighted by Crippen LogP contribution is 2.35. The molecule has 0 saturated carbocycles. The first-order valence-electron chi connectivity index (χ1n) is 7.90. The summed E-state index contributed by atoms with van der Waals surface area (Å²) in [5, 5.41) is 3.51. The number of benzene rings is 1. The van der Waals surface area contributed by atoms with Crippen LogP contribution in [0.5, 0.6) is 0 Å². The largest absolute Gasteiger partial charge is 0.318 e. The molecule has 21 heavy (non-hydrogen) atoms. The van der Waals surface area contributed by atoms with Crippen molar-refractivity contribution in [3.63, 3.8) is 0 Å². The molecule has 0 spiro atoms. The van der Waals surface area contributed by atoms with Crippen molar-refractivity contribution in [2.24, 2.45) is 5.41 Å². The minimum absolute atomic E-state index is 0.0164. The Hall–Kier alpha value is -1.35. The maximum atomic E-state index is 12.7. The number of rotatable bonds is 3. The van der Waals surface area contributed by atoms with Crippen molar-refractivity contribution in [3.8, 4) is 0 Å². The fourth-order valence-corrected chi connectivity index (χ4v) is 2.78. The number of amides is 1. The number of carbonyl (C=O) groups excluding carboxylic acids is 1. The molecule has 1 aliphatic rings. The molecule has 3 atom stereocenters. The first-order chi connectivity index (χ1) is 9.75. The van der Waals surface area contributed by atoms with Gasteiger partial charge in [-0.1, -0.05) is 57.5 Å². The summed E-state index contributed by atoms with van der Waals surface area (Å²) in [7, 11) is 0. The van der Waals surface area contributed by atoms with Crippen LogP contribution in [0.1, 0.15) is 58.3 Å². The molecule has 1 amide bonds. The van der Waals surface area contributed by atoms with E-state index < -0.39 is 0 Å². The number of hydrogen-bond acceptors (Lipinski definition) is 2. The molecule has 3 heteroatoms. The van der Waals surface area contributed by atoms with Gasteiger partial charge in [0.1, 0.15) is 6.17 Å². The van der Waals surface area contributed by atoms with Crippen LogP contribution in [0.4, 0.5) is 0 Å². The molecule has 1 aliphatic heterocycles. The van der Waals surface area contributed by atoms with Gasteiger partial charge < -0.3 is 4.90 Å². The summed E-state index contributed by atoms with van der Waals surface area (Å²) in [6.07, 6.45) is 0.812. The van der Waals surface area contributed by atoms with Crippen LogP contribution in [-0.2, 0) is 4.79 Å². The molecule has 1 saturated heterocycles. The number of aryl methyl sites for hydroxylation is 1. The van der Waals surface area contributed by atoms with Crippen molar-refractivity contribution < 1.29 is 4.79 Å². The minimum atomic E-state index is -0.0684. The quantitative estimate of drug-likeness (QED) is 0.921. The molecule has 0 bridgehead atoms. The average Bonchev–Trinajstić information content (AvgIpc) is 2.74. The SMILES string of the molecule is CCC1NC(c2ccc(C)cc2)N(C(C)C(C)(C)C)C1=O. The van der Waals surface area contributed by atoms with Crippen LogP contribution in [0.25, 0.3) is 0 Å². The predicted octanol–water partition coefficient (Wildman–Crippen LogP) is 3.64. The zero-order chi connectivity index (χ0) is 15.8. The first kappa shape index (κ1) is 16.0. The molecule has 0 radical (unpaired) electrons. The van der Waals surface area contributed by atoms with E-state index >= 15 is 0 Å². The lowest BCUT2D eigenvalue weighted by molar-refractivity contribution is -0.134. The molecular formula is C18H28N2O. The molecule has 1 heterocycles. The average molecular weight is 288 g/mol. The van der Waals surface area contributed by atoms with Crippen molar-refractivity contribution in [1.29, 1.82) is 0 Å². The lowest BCUT2D eigenvalue weighted by atomic mass is 9.86. The molecule has 3 nitrogen and oxygen atoms in total. The third-order valence-electron chi connectivity index (χ3n) is 4.66. The molecular weight excluding hydrogens is 260 g/mol. The first-order valence-corrected chi connectivity index (χ1v) is 7.90. The number of nitrogens with zero attached hydrogens (tertiary/aromatic N) is 1. The molecule has 1 N–H and O–H groups in total. The van der Waals surface area contributed by atoms with Crippen LogP contribution in [0, 0.1) is 12.3 Å². The van der Waals surface area contributed by atoms with E-state index in [1.165, 1.54) is 11.1 Å². The summed E-state index contributed by atoms with van der Waals surface area (Å²) in [6.45, 7) is 12.9. The lowest BCUT2D eigenvalue weighted by Gasteiger charge is -2.38. The summed E-state index contributed by atoms with van der Waals surface area (Å²) in [4.78, 5) is 14.8. The fraction of sp³-hybridized carbons (Fsp3) is 0.611. The Morgan fingerprint density at radius 3 is 2.29 bits per heavy atom. The van der Waals surface area contributed by atoms with E-state index in [9.17, 15) is 4.79 Å². The van der Waals surface area contributed by atoms with E-state index in [1.54, 1.807) is 0 Å². The number of carbonyl (C=O) groups is 1. The van der Waals surface area contributed by atoms with Gasteiger partial charge in [0.2, 0.25) is 5.91 Å². The predicted molar refractivity (Wildman–Crippen MR) is 86.9 cm³/mol. The van der Waals surface area contributed by atoms with E-state index in [0.29, 0.717) is 0 Å². The maximum Gasteiger partial charge on any atom is 0.241 e. The molecule has 1 fully saturated rings. The van der Waals surface area contributed by atoms with Crippen LogP contribution in [-0.4, -0.2) is 22.9 Å². The van der Waals surface area contributed by atoms with Gasteiger partial charge in [0.25, 0.3) is 0 Å². The van der Waals surface area contributed by atoms with Gasteiger partial charge in [0.05, 0.1) is 6.04 Å². The van der Waals surface area contributed by atoms with Crippen LogP contribution < -0.4 is 5.32 Å². The van der Waals surface area contributed by atoms with Crippen molar-refractivity contribution in [3.05, 3.63) is 35.4 Å². The minimum Gasteiger partial charge on any atom is -0.318 e. The monoisotopic (exact) mass is 288 g/mol. The standard InChI is InChI=1S/C18H28N2O/c1-7-15-17(21)20(13(3)18(4,5)6)16(19-15)14-10-8-12(2)9-11-14/h8-11,13,15-16,19H,7H2,1-6H3. The molecule has 0 aliphatic carbocycles. The van der Waals surface area contributed by atoms with E-state index in [-0.39, 0.29) is 29.6 Å². The number of nitrogens with one attached hydrogen (secondary N) is 1. The van der Waals surface area contributed by atoms with E-state index in [1.807, 2.05) is 4.90 Å². The lowest BCUT2D eigenvalue weighted by Crippen LogP contribution is -2.45. The molecule has 1 aromatic carbocycles. The molecule has 3 unspecified atom stereocenters. The normalized spacial score (nSPS) is 24.5. The second-order valence-electron chi connectivity index (χ2n) is 7.23. The van der Waals surface area contributed by atoms with Gasteiger partial charge in [-0.3, -0.25) is 10.1 Å². The Kier molecular flexibility index (Phi) is 4.43. The van der Waals surface area contributed by atoms with Crippen molar-refractivity contribution >= 4 is 5.91 Å². The third kappa shape index (κ3) is 3.13. The zero-order valence-corrected chi connectivity index (χ0v) is 14.1. The Balaban J connectivity index is 2.37. The Labute approximate surface area is 128 Å². The third-order valence-corrected chi connectivity index (χ3v) is 4.66. The Morgan fingerprint density at radius 1 is 1.24 bits per heavy atom. The summed E-state index contributed by atoms with van der Waals surface area (Å²) in [5.74, 6) is 0.227. The smallest absolute Gasteiger partial charge is 0.241 e. The topological polar surface area (TPSA) is 32.3 Å². The van der Waals surface area contributed by atoms with Gasteiger partial charge in [-0.2, -0.15) is 0 Å². The van der Waals surface area contributed by atoms with Crippen molar-refractivity contribution in [1.82, 2.24) is 10.2 Å². The summed E-state index contributed by atoms with van der Waals surface area (Å²) in [6, 6.07) is 8.59. The molecule has 0 aromatic heterocycles. The van der Waals surface area contributed by atoms with Crippen LogP contribution >= 0.6 is 0 Å². The molecule has 1 aromatic rings. The second kappa shape index (κ2) is 5.80. The van der Waals surface area contributed by atoms with Gasteiger partial charge in [-0.15, -0.1) is 0 Å². The van der Waals surface area contributed by atoms with E-state index in [0.717, 1.165) is 6.42 Å². The Bertz CT molecular complexity index is 501. The Morgan fingerprint density at radius 2 is 1.81 bits per heavy atom. The van der Waals surface area contributed by atoms with E-state index in [2.05, 4.69) is 71.1 Å². The molecule has 116 valence electrons. The van der Waals surface area contributed by atoms with Crippen LogP contribution in [0.2, 0.25) is 0 Å². The van der Waals surface area contributed by atoms with E-state index in [4.69, 9.17) is 0 Å². The van der Waals surface area contributed by atoms with Crippen LogP contribution in [0.3, 0.4) is 0 Å². The van der Waals surface area contributed by atoms with Gasteiger partial charge in [-0.25, -0.2) is 0 Å². The van der Waals surface area contributed by atoms with Gasteiger partial charge in [0.15, 0.2) is 0 Å². The van der Waals surface area contributed by atoms with Crippen molar-refractivity contribution in [2.45, 2.75) is 66.2 Å². The number of hydrogen-bond donors (Lipinski definition) is 1. The van der Waals surface area contributed by atoms with Gasteiger partial charge >= 0.3 is 0 Å². The van der Waals surface area contributed by atoms with Gasteiger partial charge in [0, 0.05) is 6.04 Å². The molecule has 2 rings (SSSR count).